The van der Waals surface area contributed by atoms with Crippen LogP contribution in [-0.2, 0) is 4.74 Å². The van der Waals surface area contributed by atoms with Gasteiger partial charge in [0.1, 0.15) is 17.4 Å². The Hall–Kier alpha value is -3.41. The summed E-state index contributed by atoms with van der Waals surface area (Å²) in [5.41, 5.74) is 1.44. The summed E-state index contributed by atoms with van der Waals surface area (Å²) >= 11 is 0. The molecule has 1 fully saturated rings. The van der Waals surface area contributed by atoms with Crippen LogP contribution in [0.25, 0.3) is 10.9 Å². The lowest BCUT2D eigenvalue weighted by molar-refractivity contribution is 0.0591. The second-order valence-electron chi connectivity index (χ2n) is 6.65. The monoisotopic (exact) mass is 376 g/mol. The van der Waals surface area contributed by atoms with Crippen molar-refractivity contribution in [1.82, 2.24) is 9.88 Å². The molecule has 0 radical (unpaired) electrons. The Bertz CT molecular complexity index is 1030. The molecule has 2 heterocycles. The van der Waals surface area contributed by atoms with Crippen LogP contribution in [0.3, 0.4) is 0 Å². The fourth-order valence-electron chi connectivity index (χ4n) is 3.49. The number of methoxy groups -OCH3 is 1. The van der Waals surface area contributed by atoms with Crippen molar-refractivity contribution in [2.24, 2.45) is 0 Å². The van der Waals surface area contributed by atoms with E-state index in [2.05, 4.69) is 4.98 Å². The molecule has 28 heavy (non-hydrogen) atoms. The molecule has 0 N–H and O–H groups in total. The number of pyridine rings is 1. The van der Waals surface area contributed by atoms with E-state index < -0.39 is 5.97 Å². The van der Waals surface area contributed by atoms with Gasteiger partial charge in [0.15, 0.2) is 0 Å². The van der Waals surface area contributed by atoms with Crippen LogP contribution in [0.15, 0.2) is 60.8 Å². The molecule has 6 heteroatoms. The lowest BCUT2D eigenvalue weighted by Gasteiger charge is -2.19. The van der Waals surface area contributed by atoms with E-state index in [0.29, 0.717) is 24.4 Å². The molecule has 1 amide bonds. The van der Waals surface area contributed by atoms with Gasteiger partial charge in [0.05, 0.1) is 24.8 Å². The molecule has 2 aromatic carbocycles. The van der Waals surface area contributed by atoms with Gasteiger partial charge in [-0.05, 0) is 24.3 Å². The molecule has 1 atom stereocenters. The van der Waals surface area contributed by atoms with Crippen LogP contribution in [0.2, 0.25) is 0 Å². The van der Waals surface area contributed by atoms with E-state index in [1.807, 2.05) is 30.3 Å². The molecule has 1 saturated heterocycles. The fourth-order valence-corrected chi connectivity index (χ4v) is 3.49. The van der Waals surface area contributed by atoms with Crippen molar-refractivity contribution < 1.29 is 19.1 Å². The number of carbonyl (C=O) groups is 2. The molecule has 142 valence electrons. The van der Waals surface area contributed by atoms with E-state index in [9.17, 15) is 9.59 Å². The molecule has 1 unspecified atom stereocenters. The largest absolute Gasteiger partial charge is 0.486 e. The average molecular weight is 376 g/mol. The number of nitrogens with zero attached hydrogens (tertiary/aromatic N) is 2. The molecule has 3 aromatic rings. The SMILES string of the molecule is COC(=O)c1ccccc1C(=O)N1CCC(Oc2cccc3cccnc23)C1. The van der Waals surface area contributed by atoms with Gasteiger partial charge in [-0.3, -0.25) is 9.78 Å². The van der Waals surface area contributed by atoms with Crippen molar-refractivity contribution in [3.8, 4) is 5.75 Å². The summed E-state index contributed by atoms with van der Waals surface area (Å²) in [5, 5.41) is 1.01. The van der Waals surface area contributed by atoms with Crippen LogP contribution in [0.1, 0.15) is 27.1 Å². The number of fused-ring (bicyclic) bond motifs is 1. The van der Waals surface area contributed by atoms with E-state index in [0.717, 1.165) is 17.3 Å². The first kappa shape index (κ1) is 18.0. The van der Waals surface area contributed by atoms with Crippen LogP contribution < -0.4 is 4.74 Å². The maximum absolute atomic E-state index is 12.9. The molecule has 6 nitrogen and oxygen atoms in total. The average Bonchev–Trinajstić information content (AvgIpc) is 3.21. The fraction of sp³-hybridized carbons (Fsp3) is 0.227. The molecule has 1 aliphatic rings. The number of hydrogen-bond acceptors (Lipinski definition) is 5. The number of amides is 1. The molecular formula is C22H20N2O4. The number of para-hydroxylation sites is 1. The second kappa shape index (κ2) is 7.68. The third-order valence-electron chi connectivity index (χ3n) is 4.88. The van der Waals surface area contributed by atoms with Gasteiger partial charge >= 0.3 is 5.97 Å². The summed E-state index contributed by atoms with van der Waals surface area (Å²) in [6.07, 6.45) is 2.33. The predicted octanol–water partition coefficient (Wildman–Crippen LogP) is 3.31. The van der Waals surface area contributed by atoms with Crippen molar-refractivity contribution in [2.75, 3.05) is 20.2 Å². The molecule has 0 bridgehead atoms. The highest BCUT2D eigenvalue weighted by Gasteiger charge is 2.30. The number of hydrogen-bond donors (Lipinski definition) is 0. The summed E-state index contributed by atoms with van der Waals surface area (Å²) < 4.78 is 10.9. The van der Waals surface area contributed by atoms with Gasteiger partial charge in [-0.1, -0.05) is 30.3 Å². The third kappa shape index (κ3) is 3.41. The Kier molecular flexibility index (Phi) is 4.93. The van der Waals surface area contributed by atoms with Gasteiger partial charge in [0.2, 0.25) is 0 Å². The number of benzene rings is 2. The van der Waals surface area contributed by atoms with Gasteiger partial charge in [0, 0.05) is 24.5 Å². The van der Waals surface area contributed by atoms with Crippen LogP contribution in [0.4, 0.5) is 0 Å². The van der Waals surface area contributed by atoms with E-state index in [1.165, 1.54) is 7.11 Å². The van der Waals surface area contributed by atoms with Crippen molar-refractivity contribution in [2.45, 2.75) is 12.5 Å². The summed E-state index contributed by atoms with van der Waals surface area (Å²) in [5.74, 6) is 0.00767. The Labute approximate surface area is 162 Å². The first-order valence-corrected chi connectivity index (χ1v) is 9.14. The number of rotatable bonds is 4. The van der Waals surface area contributed by atoms with E-state index >= 15 is 0 Å². The highest BCUT2D eigenvalue weighted by molar-refractivity contribution is 6.05. The van der Waals surface area contributed by atoms with Crippen molar-refractivity contribution >= 4 is 22.8 Å². The predicted molar refractivity (Wildman–Crippen MR) is 104 cm³/mol. The zero-order valence-electron chi connectivity index (χ0n) is 15.5. The van der Waals surface area contributed by atoms with Crippen molar-refractivity contribution in [3.05, 3.63) is 71.9 Å². The number of aromatic nitrogens is 1. The van der Waals surface area contributed by atoms with E-state index in [1.54, 1.807) is 35.4 Å². The normalized spacial score (nSPS) is 16.2. The third-order valence-corrected chi connectivity index (χ3v) is 4.88. The van der Waals surface area contributed by atoms with Crippen molar-refractivity contribution in [3.63, 3.8) is 0 Å². The van der Waals surface area contributed by atoms with Crippen LogP contribution in [-0.4, -0.2) is 48.1 Å². The first-order chi connectivity index (χ1) is 13.7. The Morgan fingerprint density at radius 1 is 1.04 bits per heavy atom. The summed E-state index contributed by atoms with van der Waals surface area (Å²) in [7, 11) is 1.31. The minimum atomic E-state index is -0.516. The van der Waals surface area contributed by atoms with Gasteiger partial charge in [-0.25, -0.2) is 4.79 Å². The molecule has 4 rings (SSSR count). The summed E-state index contributed by atoms with van der Waals surface area (Å²) in [6, 6.07) is 16.4. The molecule has 0 saturated carbocycles. The number of esters is 1. The molecular weight excluding hydrogens is 356 g/mol. The zero-order valence-corrected chi connectivity index (χ0v) is 15.5. The Morgan fingerprint density at radius 3 is 2.64 bits per heavy atom. The highest BCUT2D eigenvalue weighted by atomic mass is 16.5. The number of carbonyl (C=O) groups excluding carboxylic acids is 2. The quantitative estimate of drug-likeness (QED) is 0.654. The highest BCUT2D eigenvalue weighted by Crippen LogP contribution is 2.27. The van der Waals surface area contributed by atoms with E-state index in [-0.39, 0.29) is 17.6 Å². The Balaban J connectivity index is 1.50. The topological polar surface area (TPSA) is 68.7 Å². The number of likely N-dealkylation sites (tertiary alicyclic amines) is 1. The van der Waals surface area contributed by atoms with Crippen LogP contribution >= 0.6 is 0 Å². The Morgan fingerprint density at radius 2 is 1.82 bits per heavy atom. The van der Waals surface area contributed by atoms with Crippen LogP contribution in [0, 0.1) is 0 Å². The van der Waals surface area contributed by atoms with Crippen molar-refractivity contribution in [1.29, 1.82) is 0 Å². The first-order valence-electron chi connectivity index (χ1n) is 9.14. The van der Waals surface area contributed by atoms with Crippen LogP contribution in [0.5, 0.6) is 5.75 Å². The lowest BCUT2D eigenvalue weighted by Crippen LogP contribution is -2.32. The van der Waals surface area contributed by atoms with Gasteiger partial charge in [0.25, 0.3) is 5.91 Å². The maximum atomic E-state index is 12.9. The molecule has 1 aliphatic heterocycles. The van der Waals surface area contributed by atoms with Gasteiger partial charge < -0.3 is 14.4 Å². The molecule has 0 spiro atoms. The zero-order chi connectivity index (χ0) is 19.5. The molecule has 1 aromatic heterocycles. The minimum Gasteiger partial charge on any atom is -0.486 e. The standard InChI is InChI=1S/C22H20N2O4/c1-27-22(26)18-9-3-2-8-17(18)21(25)24-13-11-16(14-24)28-19-10-4-6-15-7-5-12-23-20(15)19/h2-10,12,16H,11,13-14H2,1H3. The van der Waals surface area contributed by atoms with Gasteiger partial charge in [-0.2, -0.15) is 0 Å². The maximum Gasteiger partial charge on any atom is 0.338 e. The summed E-state index contributed by atoms with van der Waals surface area (Å²) in [6.45, 7) is 1.02. The van der Waals surface area contributed by atoms with E-state index in [4.69, 9.17) is 9.47 Å². The van der Waals surface area contributed by atoms with Gasteiger partial charge in [-0.15, -0.1) is 0 Å². The smallest absolute Gasteiger partial charge is 0.338 e. The minimum absolute atomic E-state index is 0.123. The summed E-state index contributed by atoms with van der Waals surface area (Å²) in [4.78, 5) is 31.0. The molecule has 0 aliphatic carbocycles. The number of ether oxygens (including phenoxy) is 2. The second-order valence-corrected chi connectivity index (χ2v) is 6.65. The lowest BCUT2D eigenvalue weighted by atomic mass is 10.1.